The van der Waals surface area contributed by atoms with Crippen LogP contribution >= 0.6 is 11.5 Å². The van der Waals surface area contributed by atoms with Gasteiger partial charge in [-0.15, -0.1) is 0 Å². The summed E-state index contributed by atoms with van der Waals surface area (Å²) in [5, 5.41) is 2.81. The summed E-state index contributed by atoms with van der Waals surface area (Å²) >= 11 is 1.29. The first kappa shape index (κ1) is 25.6. The van der Waals surface area contributed by atoms with E-state index < -0.39 is 17.6 Å². The maximum atomic E-state index is 13.5. The fraction of sp³-hybridized carbons (Fsp3) is 0.233. The number of nitrogens with zero attached hydrogens (tertiary/aromatic N) is 1. The molecule has 5 rings (SSSR count). The fourth-order valence-corrected chi connectivity index (χ4v) is 5.41. The monoisotopic (exact) mass is 530 g/mol. The molecule has 0 aliphatic heterocycles. The van der Waals surface area contributed by atoms with Crippen LogP contribution in [0.2, 0.25) is 0 Å². The number of nitrogens with one attached hydrogen (secondary N) is 1. The molecule has 1 aromatic heterocycles. The molecule has 1 N–H and O–H groups in total. The first-order valence-corrected chi connectivity index (χ1v) is 13.1. The third-order valence-electron chi connectivity index (χ3n) is 6.94. The van der Waals surface area contributed by atoms with E-state index in [1.54, 1.807) is 19.1 Å². The highest BCUT2D eigenvalue weighted by molar-refractivity contribution is 7.10. The van der Waals surface area contributed by atoms with Crippen LogP contribution in [0, 0.1) is 12.7 Å². The van der Waals surface area contributed by atoms with Crippen LogP contribution in [0.5, 0.6) is 0 Å². The van der Waals surface area contributed by atoms with Gasteiger partial charge in [0.1, 0.15) is 11.9 Å². The molecule has 6 nitrogen and oxygen atoms in total. The Labute approximate surface area is 224 Å². The molecule has 0 bridgehead atoms. The van der Waals surface area contributed by atoms with E-state index in [-0.39, 0.29) is 11.8 Å². The molecule has 0 spiro atoms. The number of benzene rings is 3. The van der Waals surface area contributed by atoms with Gasteiger partial charge in [-0.25, -0.2) is 9.18 Å². The molecule has 3 aromatic carbocycles. The van der Waals surface area contributed by atoms with Crippen molar-refractivity contribution in [2.75, 3.05) is 12.4 Å². The van der Waals surface area contributed by atoms with Gasteiger partial charge in [0.2, 0.25) is 0 Å². The zero-order valence-electron chi connectivity index (χ0n) is 21.3. The van der Waals surface area contributed by atoms with Gasteiger partial charge < -0.3 is 9.47 Å². The van der Waals surface area contributed by atoms with E-state index in [2.05, 4.69) is 9.69 Å². The summed E-state index contributed by atoms with van der Waals surface area (Å²) in [5.74, 6) is -0.558. The standard InChI is InChI=1S/C30H27FN2O4S/c1-18-26(32-29(35)37-19(2)23-5-4-6-25(31)17-23)27(38-33-18)22-9-7-20(8-10-22)21-11-13-24(14-12-21)30(15-16-30)28(34)36-3/h4-14,17,19H,15-16H2,1-3H3,(H,32,35)/t19-/m1/s1. The van der Waals surface area contributed by atoms with Crippen LogP contribution in [0.15, 0.2) is 72.8 Å². The number of halogens is 1. The van der Waals surface area contributed by atoms with E-state index in [9.17, 15) is 14.0 Å². The number of ether oxygens (including phenoxy) is 2. The van der Waals surface area contributed by atoms with Gasteiger partial charge in [-0.05, 0) is 78.2 Å². The minimum absolute atomic E-state index is 0.175. The minimum atomic E-state index is -0.636. The van der Waals surface area contributed by atoms with Gasteiger partial charge in [0.05, 0.1) is 28.8 Å². The van der Waals surface area contributed by atoms with Crippen LogP contribution in [-0.2, 0) is 19.7 Å². The number of methoxy groups -OCH3 is 1. The Bertz CT molecular complexity index is 1480. The lowest BCUT2D eigenvalue weighted by Crippen LogP contribution is -2.21. The molecule has 194 valence electrons. The molecular formula is C30H27FN2O4S. The summed E-state index contributed by atoms with van der Waals surface area (Å²) in [5.41, 5.74) is 5.31. The molecule has 1 aliphatic carbocycles. The second kappa shape index (κ2) is 10.4. The number of amides is 1. The van der Waals surface area contributed by atoms with Crippen molar-refractivity contribution in [1.82, 2.24) is 4.37 Å². The molecule has 1 aliphatic rings. The predicted molar refractivity (Wildman–Crippen MR) is 146 cm³/mol. The van der Waals surface area contributed by atoms with E-state index in [1.165, 1.54) is 30.8 Å². The zero-order valence-corrected chi connectivity index (χ0v) is 22.1. The molecule has 1 amide bonds. The quantitative estimate of drug-likeness (QED) is 0.251. The van der Waals surface area contributed by atoms with Crippen LogP contribution in [0.25, 0.3) is 21.6 Å². The third-order valence-corrected chi connectivity index (χ3v) is 7.92. The second-order valence-electron chi connectivity index (χ2n) is 9.43. The summed E-state index contributed by atoms with van der Waals surface area (Å²) in [4.78, 5) is 25.6. The van der Waals surface area contributed by atoms with E-state index in [0.29, 0.717) is 16.9 Å². The van der Waals surface area contributed by atoms with E-state index >= 15 is 0 Å². The van der Waals surface area contributed by atoms with Crippen LogP contribution in [0.4, 0.5) is 14.9 Å². The molecule has 1 atom stereocenters. The highest BCUT2D eigenvalue weighted by atomic mass is 32.1. The molecule has 1 saturated carbocycles. The molecule has 0 unspecified atom stereocenters. The normalized spacial score (nSPS) is 14.4. The number of carbonyl (C=O) groups is 2. The molecule has 0 radical (unpaired) electrons. The number of aryl methyl sites for hydroxylation is 1. The fourth-order valence-electron chi connectivity index (χ4n) is 4.56. The maximum absolute atomic E-state index is 13.5. The van der Waals surface area contributed by atoms with E-state index in [1.807, 2.05) is 55.5 Å². The van der Waals surface area contributed by atoms with Crippen molar-refractivity contribution in [2.24, 2.45) is 0 Å². The summed E-state index contributed by atoms with van der Waals surface area (Å²) in [7, 11) is 1.43. The van der Waals surface area contributed by atoms with Gasteiger partial charge in [0.15, 0.2) is 0 Å². The number of anilines is 1. The van der Waals surface area contributed by atoms with Crippen LogP contribution in [0.3, 0.4) is 0 Å². The topological polar surface area (TPSA) is 77.5 Å². The molecule has 38 heavy (non-hydrogen) atoms. The Morgan fingerprint density at radius 3 is 2.24 bits per heavy atom. The highest BCUT2D eigenvalue weighted by Crippen LogP contribution is 2.49. The Kier molecular flexibility index (Phi) is 6.99. The summed E-state index contributed by atoms with van der Waals surface area (Å²) in [6.07, 6.45) is 0.378. The van der Waals surface area contributed by atoms with Crippen molar-refractivity contribution in [3.8, 4) is 21.6 Å². The molecule has 0 saturated heterocycles. The first-order valence-electron chi connectivity index (χ1n) is 12.3. The smallest absolute Gasteiger partial charge is 0.412 e. The Hall–Kier alpha value is -4.04. The molecule has 8 heteroatoms. The average Bonchev–Trinajstić information content (AvgIpc) is 3.67. The van der Waals surface area contributed by atoms with Crippen LogP contribution < -0.4 is 5.32 Å². The number of rotatable bonds is 7. The van der Waals surface area contributed by atoms with Gasteiger partial charge >= 0.3 is 12.1 Å². The molecular weight excluding hydrogens is 503 g/mol. The minimum Gasteiger partial charge on any atom is -0.468 e. The van der Waals surface area contributed by atoms with Crippen molar-refractivity contribution in [1.29, 1.82) is 0 Å². The van der Waals surface area contributed by atoms with Crippen molar-refractivity contribution in [3.63, 3.8) is 0 Å². The van der Waals surface area contributed by atoms with Crippen LogP contribution in [0.1, 0.15) is 42.7 Å². The predicted octanol–water partition coefficient (Wildman–Crippen LogP) is 7.44. The first-order chi connectivity index (χ1) is 18.3. The lowest BCUT2D eigenvalue weighted by Gasteiger charge is -2.15. The highest BCUT2D eigenvalue weighted by Gasteiger charge is 2.52. The van der Waals surface area contributed by atoms with Gasteiger partial charge in [-0.3, -0.25) is 10.1 Å². The number of hydrogen-bond acceptors (Lipinski definition) is 6. The largest absolute Gasteiger partial charge is 0.468 e. The van der Waals surface area contributed by atoms with Crippen LogP contribution in [-0.4, -0.2) is 23.5 Å². The lowest BCUT2D eigenvalue weighted by atomic mass is 9.93. The summed E-state index contributed by atoms with van der Waals surface area (Å²) in [6.45, 7) is 3.52. The van der Waals surface area contributed by atoms with Crippen molar-refractivity contribution in [2.45, 2.75) is 38.2 Å². The number of aromatic nitrogens is 1. The van der Waals surface area contributed by atoms with E-state index in [4.69, 9.17) is 9.47 Å². The maximum Gasteiger partial charge on any atom is 0.412 e. The Morgan fingerprint density at radius 1 is 1.00 bits per heavy atom. The lowest BCUT2D eigenvalue weighted by molar-refractivity contribution is -0.143. The third kappa shape index (κ3) is 5.04. The number of esters is 1. The zero-order chi connectivity index (χ0) is 26.9. The van der Waals surface area contributed by atoms with E-state index in [0.717, 1.165) is 40.0 Å². The van der Waals surface area contributed by atoms with Crippen molar-refractivity contribution < 1.29 is 23.5 Å². The summed E-state index contributed by atoms with van der Waals surface area (Å²) in [6, 6.07) is 22.0. The second-order valence-corrected chi connectivity index (χ2v) is 10.2. The SMILES string of the molecule is COC(=O)C1(c2ccc(-c3ccc(-c4snc(C)c4NC(=O)O[C@H](C)c4cccc(F)c4)cc3)cc2)CC1. The number of carbonyl (C=O) groups excluding carboxylic acids is 2. The van der Waals surface area contributed by atoms with Gasteiger partial charge in [-0.1, -0.05) is 60.7 Å². The van der Waals surface area contributed by atoms with Crippen molar-refractivity contribution >= 4 is 29.3 Å². The summed E-state index contributed by atoms with van der Waals surface area (Å²) < 4.78 is 28.4. The molecule has 1 heterocycles. The molecule has 4 aromatic rings. The Balaban J connectivity index is 1.29. The Morgan fingerprint density at radius 2 is 1.63 bits per heavy atom. The molecule has 1 fully saturated rings. The van der Waals surface area contributed by atoms with Gasteiger partial charge in [0.25, 0.3) is 0 Å². The van der Waals surface area contributed by atoms with Crippen molar-refractivity contribution in [3.05, 3.63) is 95.4 Å². The average molecular weight is 531 g/mol. The van der Waals surface area contributed by atoms with Gasteiger partial charge in [-0.2, -0.15) is 4.37 Å². The van der Waals surface area contributed by atoms with Gasteiger partial charge in [0, 0.05) is 0 Å². The number of hydrogen-bond donors (Lipinski definition) is 1.